The SMILES string of the molecule is CC(=O)NCCC=Cc1ccc(F)c(F)c1C. The molecular formula is C13H15F2NO. The molecule has 17 heavy (non-hydrogen) atoms. The lowest BCUT2D eigenvalue weighted by Gasteiger charge is -2.02. The molecule has 0 atom stereocenters. The highest BCUT2D eigenvalue weighted by Gasteiger charge is 2.06. The smallest absolute Gasteiger partial charge is 0.216 e. The third-order valence-corrected chi connectivity index (χ3v) is 2.36. The summed E-state index contributed by atoms with van der Waals surface area (Å²) in [5.41, 5.74) is 0.938. The number of halogens is 2. The van der Waals surface area contributed by atoms with E-state index in [0.29, 0.717) is 24.1 Å². The quantitative estimate of drug-likeness (QED) is 0.804. The molecule has 0 saturated carbocycles. The summed E-state index contributed by atoms with van der Waals surface area (Å²) in [6, 6.07) is 2.64. The van der Waals surface area contributed by atoms with Gasteiger partial charge in [0.25, 0.3) is 0 Å². The van der Waals surface area contributed by atoms with Crippen LogP contribution < -0.4 is 5.32 Å². The highest BCUT2D eigenvalue weighted by atomic mass is 19.2. The molecule has 0 aliphatic heterocycles. The van der Waals surface area contributed by atoms with Crippen molar-refractivity contribution in [2.24, 2.45) is 0 Å². The van der Waals surface area contributed by atoms with Gasteiger partial charge in [0.15, 0.2) is 11.6 Å². The molecule has 0 aliphatic rings. The van der Waals surface area contributed by atoms with E-state index in [4.69, 9.17) is 0 Å². The van der Waals surface area contributed by atoms with Crippen molar-refractivity contribution in [2.75, 3.05) is 6.54 Å². The molecule has 0 unspecified atom stereocenters. The highest BCUT2D eigenvalue weighted by molar-refractivity contribution is 5.72. The fourth-order valence-electron chi connectivity index (χ4n) is 1.39. The van der Waals surface area contributed by atoms with E-state index in [1.165, 1.54) is 19.9 Å². The Balaban J connectivity index is 2.60. The van der Waals surface area contributed by atoms with Crippen molar-refractivity contribution < 1.29 is 13.6 Å². The van der Waals surface area contributed by atoms with Crippen molar-refractivity contribution in [2.45, 2.75) is 20.3 Å². The van der Waals surface area contributed by atoms with Crippen LogP contribution in [0.4, 0.5) is 8.78 Å². The van der Waals surface area contributed by atoms with Gasteiger partial charge in [-0.2, -0.15) is 0 Å². The molecule has 1 aromatic rings. The van der Waals surface area contributed by atoms with Gasteiger partial charge in [0, 0.05) is 13.5 Å². The van der Waals surface area contributed by atoms with Crippen molar-refractivity contribution in [3.05, 3.63) is 41.0 Å². The van der Waals surface area contributed by atoms with Crippen LogP contribution in [0.1, 0.15) is 24.5 Å². The second-order valence-electron chi connectivity index (χ2n) is 3.75. The zero-order valence-corrected chi connectivity index (χ0v) is 9.89. The minimum absolute atomic E-state index is 0.0811. The van der Waals surface area contributed by atoms with Gasteiger partial charge in [0.2, 0.25) is 5.91 Å². The molecule has 0 heterocycles. The van der Waals surface area contributed by atoms with E-state index in [9.17, 15) is 13.6 Å². The summed E-state index contributed by atoms with van der Waals surface area (Å²) >= 11 is 0. The normalized spacial score (nSPS) is 10.8. The van der Waals surface area contributed by atoms with Crippen LogP contribution in [-0.2, 0) is 4.79 Å². The van der Waals surface area contributed by atoms with E-state index in [2.05, 4.69) is 5.32 Å². The van der Waals surface area contributed by atoms with Crippen LogP contribution in [-0.4, -0.2) is 12.5 Å². The Morgan fingerprint density at radius 2 is 2.12 bits per heavy atom. The van der Waals surface area contributed by atoms with Crippen LogP contribution in [0.25, 0.3) is 6.08 Å². The molecule has 0 bridgehead atoms. The van der Waals surface area contributed by atoms with Crippen LogP contribution in [0.2, 0.25) is 0 Å². The van der Waals surface area contributed by atoms with Crippen molar-refractivity contribution in [1.82, 2.24) is 5.32 Å². The van der Waals surface area contributed by atoms with E-state index in [0.717, 1.165) is 6.07 Å². The van der Waals surface area contributed by atoms with Gasteiger partial charge in [0.05, 0.1) is 0 Å². The van der Waals surface area contributed by atoms with E-state index in [-0.39, 0.29) is 5.91 Å². The number of carbonyl (C=O) groups excluding carboxylic acids is 1. The van der Waals surface area contributed by atoms with Gasteiger partial charge in [-0.15, -0.1) is 0 Å². The number of carbonyl (C=O) groups is 1. The third kappa shape index (κ3) is 3.98. The summed E-state index contributed by atoms with van der Waals surface area (Å²) in [7, 11) is 0. The second kappa shape index (κ2) is 6.13. The molecule has 1 aromatic carbocycles. The first kappa shape index (κ1) is 13.4. The molecule has 2 nitrogen and oxygen atoms in total. The predicted molar refractivity (Wildman–Crippen MR) is 63.4 cm³/mol. The van der Waals surface area contributed by atoms with Crippen LogP contribution in [0, 0.1) is 18.6 Å². The van der Waals surface area contributed by atoms with Crippen LogP contribution in [0.15, 0.2) is 18.2 Å². The Morgan fingerprint density at radius 3 is 2.76 bits per heavy atom. The lowest BCUT2D eigenvalue weighted by molar-refractivity contribution is -0.118. The Kier molecular flexibility index (Phi) is 4.82. The van der Waals surface area contributed by atoms with Crippen molar-refractivity contribution in [3.8, 4) is 0 Å². The Labute approximate surface area is 99.3 Å². The first-order valence-corrected chi connectivity index (χ1v) is 5.38. The van der Waals surface area contributed by atoms with Gasteiger partial charge in [-0.3, -0.25) is 4.79 Å². The van der Waals surface area contributed by atoms with Gasteiger partial charge in [0.1, 0.15) is 0 Å². The number of hydrogen-bond acceptors (Lipinski definition) is 1. The van der Waals surface area contributed by atoms with Gasteiger partial charge in [-0.1, -0.05) is 18.2 Å². The lowest BCUT2D eigenvalue weighted by Crippen LogP contribution is -2.20. The Hall–Kier alpha value is -1.71. The standard InChI is InChI=1S/C13H15F2NO/c1-9-11(6-7-12(14)13(9)15)5-3-4-8-16-10(2)17/h3,5-7H,4,8H2,1-2H3,(H,16,17). The van der Waals surface area contributed by atoms with E-state index in [1.54, 1.807) is 6.08 Å². The zero-order chi connectivity index (χ0) is 12.8. The molecule has 0 spiro atoms. The largest absolute Gasteiger partial charge is 0.356 e. The molecule has 1 amide bonds. The maximum atomic E-state index is 13.2. The average molecular weight is 239 g/mol. The highest BCUT2D eigenvalue weighted by Crippen LogP contribution is 2.17. The van der Waals surface area contributed by atoms with Gasteiger partial charge < -0.3 is 5.32 Å². The average Bonchev–Trinajstić information content (AvgIpc) is 2.28. The van der Waals surface area contributed by atoms with Crippen molar-refractivity contribution in [3.63, 3.8) is 0 Å². The van der Waals surface area contributed by atoms with Gasteiger partial charge >= 0.3 is 0 Å². The molecule has 0 radical (unpaired) electrons. The van der Waals surface area contributed by atoms with E-state index >= 15 is 0 Å². The number of benzene rings is 1. The molecule has 1 N–H and O–H groups in total. The molecule has 0 aliphatic carbocycles. The number of rotatable bonds is 4. The number of hydrogen-bond donors (Lipinski definition) is 1. The molecule has 0 fully saturated rings. The molecule has 1 rings (SSSR count). The molecule has 4 heteroatoms. The maximum Gasteiger partial charge on any atom is 0.216 e. The van der Waals surface area contributed by atoms with Gasteiger partial charge in [-0.25, -0.2) is 8.78 Å². The van der Waals surface area contributed by atoms with Crippen LogP contribution >= 0.6 is 0 Å². The third-order valence-electron chi connectivity index (χ3n) is 2.36. The van der Waals surface area contributed by atoms with E-state index in [1.807, 2.05) is 6.08 Å². The lowest BCUT2D eigenvalue weighted by atomic mass is 10.1. The maximum absolute atomic E-state index is 13.2. The summed E-state index contributed by atoms with van der Waals surface area (Å²) in [5.74, 6) is -1.73. The zero-order valence-electron chi connectivity index (χ0n) is 9.89. The Bertz CT molecular complexity index is 441. The molecular weight excluding hydrogens is 224 g/mol. The fraction of sp³-hybridized carbons (Fsp3) is 0.308. The predicted octanol–water partition coefficient (Wildman–Crippen LogP) is 2.81. The second-order valence-corrected chi connectivity index (χ2v) is 3.75. The summed E-state index contributed by atoms with van der Waals surface area (Å²) in [4.78, 5) is 10.6. The van der Waals surface area contributed by atoms with Crippen molar-refractivity contribution in [1.29, 1.82) is 0 Å². The van der Waals surface area contributed by atoms with Crippen LogP contribution in [0.5, 0.6) is 0 Å². The van der Waals surface area contributed by atoms with E-state index < -0.39 is 11.6 Å². The van der Waals surface area contributed by atoms with Crippen molar-refractivity contribution >= 4 is 12.0 Å². The Morgan fingerprint density at radius 1 is 1.41 bits per heavy atom. The number of amides is 1. The molecule has 0 aromatic heterocycles. The molecule has 0 saturated heterocycles. The monoisotopic (exact) mass is 239 g/mol. The van der Waals surface area contributed by atoms with Crippen LogP contribution in [0.3, 0.4) is 0 Å². The summed E-state index contributed by atoms with van der Waals surface area (Å²) in [6.45, 7) is 3.52. The summed E-state index contributed by atoms with van der Waals surface area (Å²) in [6.07, 6.45) is 4.19. The fourth-order valence-corrected chi connectivity index (χ4v) is 1.39. The summed E-state index contributed by atoms with van der Waals surface area (Å²) in [5, 5.41) is 2.64. The first-order valence-electron chi connectivity index (χ1n) is 5.38. The first-order chi connectivity index (χ1) is 8.02. The summed E-state index contributed by atoms with van der Waals surface area (Å²) < 4.78 is 26.1. The minimum atomic E-state index is -0.835. The number of nitrogens with one attached hydrogen (secondary N) is 1. The van der Waals surface area contributed by atoms with Gasteiger partial charge in [-0.05, 0) is 30.5 Å². The topological polar surface area (TPSA) is 29.1 Å². The minimum Gasteiger partial charge on any atom is -0.356 e. The molecule has 92 valence electrons.